The normalized spacial score (nSPS) is 13.2. The Morgan fingerprint density at radius 3 is 2.23 bits per heavy atom. The lowest BCUT2D eigenvalue weighted by atomic mass is 10.0. The molecule has 0 bridgehead atoms. The molecule has 0 aliphatic rings. The summed E-state index contributed by atoms with van der Waals surface area (Å²) in [5, 5.41) is 2.86. The van der Waals surface area contributed by atoms with Gasteiger partial charge in [0.1, 0.15) is 11.5 Å². The van der Waals surface area contributed by atoms with Crippen LogP contribution in [-0.2, 0) is 4.79 Å². The Morgan fingerprint density at radius 1 is 1.05 bits per heavy atom. The molecule has 1 unspecified atom stereocenters. The van der Waals surface area contributed by atoms with Crippen LogP contribution in [0.2, 0.25) is 0 Å². The molecule has 3 N–H and O–H groups in total. The lowest BCUT2D eigenvalue weighted by molar-refractivity contribution is -0.118. The molecule has 0 fully saturated rings. The molecule has 0 aliphatic heterocycles. The quantitative estimate of drug-likeness (QED) is 0.856. The summed E-state index contributed by atoms with van der Waals surface area (Å²) in [6.45, 7) is 3.67. The molecule has 115 valence electrons. The van der Waals surface area contributed by atoms with E-state index in [0.717, 1.165) is 17.2 Å². The Bertz CT molecular complexity index is 594. The number of ether oxygens (including phenoxy) is 1. The van der Waals surface area contributed by atoms with E-state index < -0.39 is 0 Å². The second-order valence-electron chi connectivity index (χ2n) is 5.27. The van der Waals surface area contributed by atoms with Crippen molar-refractivity contribution in [2.45, 2.75) is 19.9 Å². The molecule has 1 amide bonds. The summed E-state index contributed by atoms with van der Waals surface area (Å²) in [7, 11) is 0. The van der Waals surface area contributed by atoms with E-state index in [1.165, 1.54) is 0 Å². The number of rotatable bonds is 6. The summed E-state index contributed by atoms with van der Waals surface area (Å²) in [4.78, 5) is 12.0. The number of hydrogen-bond acceptors (Lipinski definition) is 3. The molecule has 4 heteroatoms. The Morgan fingerprint density at radius 2 is 1.64 bits per heavy atom. The van der Waals surface area contributed by atoms with Crippen LogP contribution in [0.25, 0.3) is 0 Å². The Kier molecular flexibility index (Phi) is 5.55. The molecule has 2 aromatic rings. The molecule has 0 saturated heterocycles. The van der Waals surface area contributed by atoms with Gasteiger partial charge in [0, 0.05) is 17.6 Å². The van der Waals surface area contributed by atoms with Crippen LogP contribution < -0.4 is 15.8 Å². The highest BCUT2D eigenvalue weighted by Crippen LogP contribution is 2.22. The van der Waals surface area contributed by atoms with Crippen LogP contribution >= 0.6 is 0 Å². The van der Waals surface area contributed by atoms with Gasteiger partial charge in [-0.1, -0.05) is 25.1 Å². The fraction of sp³-hybridized carbons (Fsp3) is 0.222. The number of nitrogens with two attached hydrogens (primary N) is 1. The number of benzene rings is 2. The summed E-state index contributed by atoms with van der Waals surface area (Å²) < 4.78 is 5.70. The van der Waals surface area contributed by atoms with Crippen LogP contribution in [0.15, 0.2) is 54.6 Å². The first-order chi connectivity index (χ1) is 10.5. The lowest BCUT2D eigenvalue weighted by Crippen LogP contribution is -2.27. The minimum absolute atomic E-state index is 0.0750. The average molecular weight is 297 g/mol. The van der Waals surface area contributed by atoms with Gasteiger partial charge in [-0.05, 0) is 49.7 Å². The zero-order valence-corrected chi connectivity index (χ0v) is 12.8. The van der Waals surface area contributed by atoms with Crippen LogP contribution in [0.3, 0.4) is 0 Å². The van der Waals surface area contributed by atoms with Crippen molar-refractivity contribution in [3.63, 3.8) is 0 Å². The zero-order chi connectivity index (χ0) is 15.9. The maximum atomic E-state index is 12.0. The van der Waals surface area contributed by atoms with Crippen molar-refractivity contribution >= 4 is 11.6 Å². The molecule has 2 atom stereocenters. The van der Waals surface area contributed by atoms with Crippen molar-refractivity contribution in [1.29, 1.82) is 0 Å². The molecule has 2 aromatic carbocycles. The topological polar surface area (TPSA) is 64.4 Å². The number of carbonyl (C=O) groups excluding carboxylic acids is 1. The second-order valence-corrected chi connectivity index (χ2v) is 5.27. The van der Waals surface area contributed by atoms with Crippen molar-refractivity contribution in [2.75, 3.05) is 5.32 Å². The van der Waals surface area contributed by atoms with Crippen molar-refractivity contribution < 1.29 is 9.53 Å². The molecule has 22 heavy (non-hydrogen) atoms. The highest BCUT2D eigenvalue weighted by atomic mass is 16.5. The molecule has 0 aliphatic carbocycles. The molecule has 2 rings (SSSR count). The number of amides is 1. The number of carbonyl (C=O) groups is 1. The molecule has 0 spiro atoms. The second kappa shape index (κ2) is 7.61. The highest BCUT2D eigenvalue weighted by Gasteiger charge is 2.15. The van der Waals surface area contributed by atoms with Gasteiger partial charge < -0.3 is 15.8 Å². The average Bonchev–Trinajstić information content (AvgIpc) is 2.49. The number of hydrogen-bond donors (Lipinski definition) is 2. The Balaban J connectivity index is 1.93. The van der Waals surface area contributed by atoms with E-state index >= 15 is 0 Å². The SMILES string of the molecule is CC([CH][C@@H](C)N)C(=O)Nc1ccc(Oc2ccccc2)cc1. The molecule has 0 aromatic heterocycles. The van der Waals surface area contributed by atoms with Gasteiger partial charge in [-0.15, -0.1) is 0 Å². The van der Waals surface area contributed by atoms with Crippen LogP contribution in [0.1, 0.15) is 13.8 Å². The summed E-state index contributed by atoms with van der Waals surface area (Å²) in [6.07, 6.45) is 1.81. The Hall–Kier alpha value is -2.33. The van der Waals surface area contributed by atoms with E-state index in [1.54, 1.807) is 0 Å². The maximum absolute atomic E-state index is 12.0. The summed E-state index contributed by atoms with van der Waals surface area (Å²) in [6, 6.07) is 16.7. The summed E-state index contributed by atoms with van der Waals surface area (Å²) in [5.41, 5.74) is 6.40. The first-order valence-electron chi connectivity index (χ1n) is 7.29. The van der Waals surface area contributed by atoms with Crippen molar-refractivity contribution in [1.82, 2.24) is 0 Å². The van der Waals surface area contributed by atoms with E-state index in [0.29, 0.717) is 0 Å². The molecular formula is C18H21N2O2. The van der Waals surface area contributed by atoms with Crippen molar-refractivity contribution in [2.24, 2.45) is 11.7 Å². The van der Waals surface area contributed by atoms with Crippen LogP contribution in [0.4, 0.5) is 5.69 Å². The molecule has 0 saturated carbocycles. The van der Waals surface area contributed by atoms with Gasteiger partial charge in [0.05, 0.1) is 0 Å². The van der Waals surface area contributed by atoms with E-state index in [9.17, 15) is 4.79 Å². The van der Waals surface area contributed by atoms with Gasteiger partial charge in [0.25, 0.3) is 0 Å². The zero-order valence-electron chi connectivity index (χ0n) is 12.8. The number of nitrogens with one attached hydrogen (secondary N) is 1. The fourth-order valence-corrected chi connectivity index (χ4v) is 2.03. The lowest BCUT2D eigenvalue weighted by Gasteiger charge is -2.14. The van der Waals surface area contributed by atoms with Gasteiger partial charge in [0.15, 0.2) is 0 Å². The Labute approximate surface area is 131 Å². The van der Waals surface area contributed by atoms with Crippen LogP contribution in [0.5, 0.6) is 11.5 Å². The van der Waals surface area contributed by atoms with Gasteiger partial charge in [-0.25, -0.2) is 0 Å². The smallest absolute Gasteiger partial charge is 0.227 e. The largest absolute Gasteiger partial charge is 0.457 e. The van der Waals surface area contributed by atoms with Crippen molar-refractivity contribution in [3.8, 4) is 11.5 Å². The third-order valence-electron chi connectivity index (χ3n) is 3.11. The van der Waals surface area contributed by atoms with E-state index in [1.807, 2.05) is 74.9 Å². The monoisotopic (exact) mass is 297 g/mol. The van der Waals surface area contributed by atoms with Gasteiger partial charge in [-0.3, -0.25) is 4.79 Å². The predicted octanol–water partition coefficient (Wildman–Crippen LogP) is 3.60. The first kappa shape index (κ1) is 16.0. The third-order valence-corrected chi connectivity index (χ3v) is 3.11. The molecule has 0 heterocycles. The predicted molar refractivity (Wildman–Crippen MR) is 88.7 cm³/mol. The highest BCUT2D eigenvalue weighted by molar-refractivity contribution is 5.93. The van der Waals surface area contributed by atoms with E-state index in [4.69, 9.17) is 10.5 Å². The molecule has 1 radical (unpaired) electrons. The minimum atomic E-state index is -0.236. The number of anilines is 1. The fourth-order valence-electron chi connectivity index (χ4n) is 2.03. The van der Waals surface area contributed by atoms with Gasteiger partial charge in [0.2, 0.25) is 5.91 Å². The minimum Gasteiger partial charge on any atom is -0.457 e. The first-order valence-corrected chi connectivity index (χ1v) is 7.29. The third kappa shape index (κ3) is 4.90. The number of para-hydroxylation sites is 1. The maximum Gasteiger partial charge on any atom is 0.227 e. The van der Waals surface area contributed by atoms with E-state index in [2.05, 4.69) is 5.32 Å². The summed E-state index contributed by atoms with van der Waals surface area (Å²) in [5.74, 6) is 1.19. The molecule has 4 nitrogen and oxygen atoms in total. The van der Waals surface area contributed by atoms with Crippen LogP contribution in [0, 0.1) is 12.3 Å². The molecular weight excluding hydrogens is 276 g/mol. The van der Waals surface area contributed by atoms with Crippen LogP contribution in [-0.4, -0.2) is 11.9 Å². The van der Waals surface area contributed by atoms with Gasteiger partial charge in [-0.2, -0.15) is 0 Å². The van der Waals surface area contributed by atoms with Crippen molar-refractivity contribution in [3.05, 3.63) is 61.0 Å². The van der Waals surface area contributed by atoms with Gasteiger partial charge >= 0.3 is 0 Å². The standard InChI is InChI=1S/C18H21N2O2/c1-13(12-14(2)19)18(21)20-15-8-10-17(11-9-15)22-16-6-4-3-5-7-16/h3-14H,19H2,1-2H3,(H,20,21)/t13?,14-/m1/s1. The summed E-state index contributed by atoms with van der Waals surface area (Å²) >= 11 is 0. The van der Waals surface area contributed by atoms with E-state index in [-0.39, 0.29) is 17.9 Å².